The van der Waals surface area contributed by atoms with Gasteiger partial charge in [0.05, 0.1) is 25.4 Å². The molecule has 1 atom stereocenters. The van der Waals surface area contributed by atoms with E-state index in [1.54, 1.807) is 28.8 Å². The smallest absolute Gasteiger partial charge is 0.357 e. The van der Waals surface area contributed by atoms with Crippen molar-refractivity contribution in [2.75, 3.05) is 17.2 Å². The molecule has 1 unspecified atom stereocenters. The molecule has 3 rings (SSSR count). The molecule has 0 spiro atoms. The molecule has 1 aromatic carbocycles. The number of alkyl halides is 3. The fraction of sp³-hybridized carbons (Fsp3) is 0.333. The summed E-state index contributed by atoms with van der Waals surface area (Å²) in [5.74, 6) is -2.16. The van der Waals surface area contributed by atoms with Gasteiger partial charge in [0.2, 0.25) is 5.96 Å². The number of halogens is 4. The van der Waals surface area contributed by atoms with Crippen molar-refractivity contribution in [2.24, 2.45) is 4.99 Å². The van der Waals surface area contributed by atoms with E-state index in [0.717, 1.165) is 0 Å². The number of hydrogen-bond donors (Lipinski definition) is 2. The van der Waals surface area contributed by atoms with Crippen molar-refractivity contribution < 1.29 is 22.8 Å². The molecule has 2 heterocycles. The first-order valence-electron chi connectivity index (χ1n) is 9.08. The third-order valence-electron chi connectivity index (χ3n) is 4.17. The zero-order valence-corrected chi connectivity index (χ0v) is 16.9. The number of carbonyl (C=O) groups excluding carboxylic acids is 1. The van der Waals surface area contributed by atoms with Gasteiger partial charge in [-0.2, -0.15) is 18.4 Å². The Morgan fingerprint density at radius 3 is 2.90 bits per heavy atom. The van der Waals surface area contributed by atoms with Crippen LogP contribution in [0, 0.1) is 11.3 Å². The standard InChI is InChI=1S/C18H17ClF3N7O2/c1-2-28-10-25-13-14(28)27-17(24-8-4-7-23)29(31-16(30)18(20,21)22)15(13)26-12-6-3-5-11(19)9-12/h3,5-6,9-10,15,26H,2,4,8H2,1H3,(H,24,27). The van der Waals surface area contributed by atoms with Crippen LogP contribution in [0.3, 0.4) is 0 Å². The first-order valence-corrected chi connectivity index (χ1v) is 9.46. The number of benzene rings is 1. The van der Waals surface area contributed by atoms with E-state index in [9.17, 15) is 18.0 Å². The number of hydrogen-bond acceptors (Lipinski definition) is 6. The summed E-state index contributed by atoms with van der Waals surface area (Å²) < 4.78 is 40.5. The van der Waals surface area contributed by atoms with E-state index in [1.165, 1.54) is 6.33 Å². The van der Waals surface area contributed by atoms with Crippen LogP contribution in [0.4, 0.5) is 24.7 Å². The number of nitrogens with one attached hydrogen (secondary N) is 2. The van der Waals surface area contributed by atoms with Gasteiger partial charge in [-0.15, -0.1) is 5.06 Å². The Morgan fingerprint density at radius 1 is 1.48 bits per heavy atom. The van der Waals surface area contributed by atoms with Gasteiger partial charge in [-0.05, 0) is 25.1 Å². The maximum atomic E-state index is 12.9. The van der Waals surface area contributed by atoms with Crippen molar-refractivity contribution in [3.05, 3.63) is 41.3 Å². The van der Waals surface area contributed by atoms with Crippen molar-refractivity contribution >= 4 is 35.0 Å². The Bertz CT molecular complexity index is 1030. The molecule has 0 amide bonds. The number of imidazole rings is 1. The predicted octanol–water partition coefficient (Wildman–Crippen LogP) is 3.68. The average Bonchev–Trinajstić information content (AvgIpc) is 3.12. The number of rotatable bonds is 6. The van der Waals surface area contributed by atoms with Crippen molar-refractivity contribution in [1.29, 1.82) is 5.26 Å². The Kier molecular flexibility index (Phi) is 6.55. The number of nitriles is 1. The van der Waals surface area contributed by atoms with Gasteiger partial charge < -0.3 is 20.0 Å². The molecule has 164 valence electrons. The van der Waals surface area contributed by atoms with E-state index in [4.69, 9.17) is 16.9 Å². The van der Waals surface area contributed by atoms with Crippen LogP contribution in [-0.4, -0.2) is 39.3 Å². The van der Waals surface area contributed by atoms with Gasteiger partial charge in [0, 0.05) is 17.3 Å². The van der Waals surface area contributed by atoms with Crippen LogP contribution in [0.15, 0.2) is 35.6 Å². The van der Waals surface area contributed by atoms with Gasteiger partial charge in [0.25, 0.3) is 0 Å². The van der Waals surface area contributed by atoms with Gasteiger partial charge in [-0.3, -0.25) is 0 Å². The summed E-state index contributed by atoms with van der Waals surface area (Å²) >= 11 is 6.01. The van der Waals surface area contributed by atoms with Crippen molar-refractivity contribution in [2.45, 2.75) is 32.2 Å². The molecule has 1 aromatic heterocycles. The number of hydroxylamine groups is 2. The first-order chi connectivity index (χ1) is 14.7. The second kappa shape index (κ2) is 9.13. The fourth-order valence-electron chi connectivity index (χ4n) is 2.79. The number of fused-ring (bicyclic) bond motifs is 1. The fourth-order valence-corrected chi connectivity index (χ4v) is 2.98. The van der Waals surface area contributed by atoms with Gasteiger partial charge >= 0.3 is 12.1 Å². The second-order valence-corrected chi connectivity index (χ2v) is 6.70. The highest BCUT2D eigenvalue weighted by Crippen LogP contribution is 2.34. The zero-order chi connectivity index (χ0) is 22.6. The monoisotopic (exact) mass is 455 g/mol. The molecule has 0 aliphatic carbocycles. The molecule has 0 fully saturated rings. The summed E-state index contributed by atoms with van der Waals surface area (Å²) in [6.07, 6.45) is -4.89. The highest BCUT2D eigenvalue weighted by molar-refractivity contribution is 6.30. The minimum atomic E-state index is -5.23. The summed E-state index contributed by atoms with van der Waals surface area (Å²) in [4.78, 5) is 24.7. The largest absolute Gasteiger partial charge is 0.493 e. The van der Waals surface area contributed by atoms with E-state index < -0.39 is 18.3 Å². The number of aromatic nitrogens is 2. The second-order valence-electron chi connectivity index (χ2n) is 6.26. The predicted molar refractivity (Wildman–Crippen MR) is 106 cm³/mol. The molecule has 1 aliphatic heterocycles. The maximum absolute atomic E-state index is 12.9. The molecular formula is C18H17ClF3N7O2. The summed E-state index contributed by atoms with van der Waals surface area (Å²) in [6.45, 7) is 2.33. The number of carbonyl (C=O) groups is 1. The third-order valence-corrected chi connectivity index (χ3v) is 4.40. The zero-order valence-electron chi connectivity index (χ0n) is 16.1. The summed E-state index contributed by atoms with van der Waals surface area (Å²) in [7, 11) is 0. The first kappa shape index (κ1) is 22.2. The number of guanidine groups is 1. The van der Waals surface area contributed by atoms with Crippen LogP contribution >= 0.6 is 11.6 Å². The summed E-state index contributed by atoms with van der Waals surface area (Å²) in [5.41, 5.74) is 0.719. The highest BCUT2D eigenvalue weighted by atomic mass is 35.5. The molecule has 2 aromatic rings. The molecule has 31 heavy (non-hydrogen) atoms. The Balaban J connectivity index is 2.07. The number of anilines is 2. The molecular weight excluding hydrogens is 439 g/mol. The molecule has 2 N–H and O–H groups in total. The third kappa shape index (κ3) is 5.00. The van der Waals surface area contributed by atoms with E-state index in [1.807, 2.05) is 13.0 Å². The van der Waals surface area contributed by atoms with Crippen molar-refractivity contribution in [3.8, 4) is 6.07 Å². The molecule has 0 bridgehead atoms. The maximum Gasteiger partial charge on any atom is 0.493 e. The van der Waals surface area contributed by atoms with Gasteiger partial charge in [-0.1, -0.05) is 17.7 Å². The van der Waals surface area contributed by atoms with Crippen molar-refractivity contribution in [1.82, 2.24) is 14.6 Å². The number of aliphatic imine (C=N–C) groups is 1. The van der Waals surface area contributed by atoms with Gasteiger partial charge in [-0.25, -0.2) is 14.8 Å². The van der Waals surface area contributed by atoms with E-state index >= 15 is 0 Å². The van der Waals surface area contributed by atoms with E-state index in [2.05, 4.69) is 25.4 Å². The summed E-state index contributed by atoms with van der Waals surface area (Å²) in [6, 6.07) is 8.36. The Labute approximate surface area is 180 Å². The lowest BCUT2D eigenvalue weighted by Crippen LogP contribution is -2.49. The minimum absolute atomic E-state index is 0.0124. The lowest BCUT2D eigenvalue weighted by atomic mass is 10.2. The molecule has 9 nitrogen and oxygen atoms in total. The molecule has 0 saturated heterocycles. The van der Waals surface area contributed by atoms with Crippen LogP contribution in [0.2, 0.25) is 5.02 Å². The molecule has 13 heteroatoms. The topological polar surface area (TPSA) is 108 Å². The normalized spacial score (nSPS) is 17.0. The quantitative estimate of drug-likeness (QED) is 0.639. The Hall–Kier alpha value is -3.46. The molecule has 0 saturated carbocycles. The van der Waals surface area contributed by atoms with E-state index in [0.29, 0.717) is 28.1 Å². The van der Waals surface area contributed by atoms with Crippen LogP contribution in [0.1, 0.15) is 25.2 Å². The number of aryl methyl sites for hydroxylation is 1. The molecule has 1 aliphatic rings. The highest BCUT2D eigenvalue weighted by Gasteiger charge is 2.46. The summed E-state index contributed by atoms with van der Waals surface area (Å²) in [5, 5.41) is 15.6. The lowest BCUT2D eigenvalue weighted by molar-refractivity contribution is -0.230. The minimum Gasteiger partial charge on any atom is -0.357 e. The Morgan fingerprint density at radius 2 is 2.26 bits per heavy atom. The average molecular weight is 456 g/mol. The van der Waals surface area contributed by atoms with Gasteiger partial charge in [0.1, 0.15) is 11.5 Å². The van der Waals surface area contributed by atoms with Gasteiger partial charge in [0.15, 0.2) is 6.17 Å². The van der Waals surface area contributed by atoms with Crippen LogP contribution < -0.4 is 10.6 Å². The van der Waals surface area contributed by atoms with Crippen molar-refractivity contribution in [3.63, 3.8) is 0 Å². The van der Waals surface area contributed by atoms with Crippen LogP contribution in [0.5, 0.6) is 0 Å². The van der Waals surface area contributed by atoms with E-state index in [-0.39, 0.29) is 24.6 Å². The SMILES string of the molecule is CCn1cnc2c1NC(=NCCC#N)N(OC(=O)C(F)(F)F)C2Nc1cccc(Cl)c1. The van der Waals surface area contributed by atoms with Crippen LogP contribution in [0.25, 0.3) is 0 Å². The lowest BCUT2D eigenvalue weighted by Gasteiger charge is -2.36. The number of nitrogens with zero attached hydrogens (tertiary/aromatic N) is 5. The van der Waals surface area contributed by atoms with Crippen LogP contribution in [-0.2, 0) is 16.2 Å². The molecule has 0 radical (unpaired) electrons.